The summed E-state index contributed by atoms with van der Waals surface area (Å²) in [5, 5.41) is 8.21. The van der Waals surface area contributed by atoms with Crippen molar-refractivity contribution in [2.24, 2.45) is 0 Å². The average Bonchev–Trinajstić information content (AvgIpc) is 3.37. The number of nitrogens with zero attached hydrogens (tertiary/aromatic N) is 4. The van der Waals surface area contributed by atoms with Crippen molar-refractivity contribution in [2.45, 2.75) is 39.2 Å². The molecule has 1 fully saturated rings. The van der Waals surface area contributed by atoms with E-state index in [0.29, 0.717) is 30.7 Å². The molecule has 3 heterocycles. The second kappa shape index (κ2) is 8.65. The smallest absolute Gasteiger partial charge is 0.252 e. The van der Waals surface area contributed by atoms with E-state index in [9.17, 15) is 9.59 Å². The summed E-state index contributed by atoms with van der Waals surface area (Å²) in [5.41, 5.74) is 2.98. The first-order valence-corrected chi connectivity index (χ1v) is 10.5. The van der Waals surface area contributed by atoms with Gasteiger partial charge < -0.3 is 10.2 Å². The molecule has 0 unspecified atom stereocenters. The van der Waals surface area contributed by atoms with Crippen LogP contribution >= 0.6 is 0 Å². The van der Waals surface area contributed by atoms with Crippen LogP contribution in [0.2, 0.25) is 0 Å². The van der Waals surface area contributed by atoms with E-state index in [0.717, 1.165) is 36.0 Å². The van der Waals surface area contributed by atoms with Crippen LogP contribution in [0.4, 0.5) is 0 Å². The molecule has 0 bridgehead atoms. The fraction of sp³-hybridized carbons (Fsp3) is 0.391. The Morgan fingerprint density at radius 1 is 1.23 bits per heavy atom. The van der Waals surface area contributed by atoms with Crippen LogP contribution in [0.1, 0.15) is 49.5 Å². The number of carbonyl (C=O) groups excluding carboxylic acids is 2. The van der Waals surface area contributed by atoms with E-state index in [1.54, 1.807) is 6.20 Å². The average molecular weight is 406 g/mol. The van der Waals surface area contributed by atoms with Crippen LogP contribution in [0, 0.1) is 0 Å². The van der Waals surface area contributed by atoms with Gasteiger partial charge >= 0.3 is 0 Å². The molecule has 7 nitrogen and oxygen atoms in total. The van der Waals surface area contributed by atoms with Crippen molar-refractivity contribution in [3.8, 4) is 11.3 Å². The van der Waals surface area contributed by atoms with Crippen molar-refractivity contribution in [3.05, 3.63) is 48.2 Å². The molecule has 4 rings (SSSR count). The molecule has 1 N–H and O–H groups in total. The Morgan fingerprint density at radius 2 is 2.03 bits per heavy atom. The van der Waals surface area contributed by atoms with E-state index in [4.69, 9.17) is 4.98 Å². The third kappa shape index (κ3) is 4.06. The van der Waals surface area contributed by atoms with Gasteiger partial charge in [0.05, 0.1) is 22.8 Å². The van der Waals surface area contributed by atoms with Gasteiger partial charge in [-0.2, -0.15) is 5.10 Å². The maximum atomic E-state index is 13.0. The molecule has 0 saturated carbocycles. The SMILES string of the molecule is CC(C)n1ncc2c(C(=O)NCCCN3CCCC3=O)cc(-c3ccccc3)nc21. The van der Waals surface area contributed by atoms with Crippen LogP contribution in [0.25, 0.3) is 22.3 Å². The maximum Gasteiger partial charge on any atom is 0.252 e. The van der Waals surface area contributed by atoms with E-state index in [-0.39, 0.29) is 17.9 Å². The van der Waals surface area contributed by atoms with Crippen LogP contribution in [0.5, 0.6) is 0 Å². The van der Waals surface area contributed by atoms with Crippen molar-refractivity contribution in [2.75, 3.05) is 19.6 Å². The third-order valence-corrected chi connectivity index (χ3v) is 5.43. The molecule has 0 aliphatic carbocycles. The number of rotatable bonds is 7. The zero-order valence-electron chi connectivity index (χ0n) is 17.5. The summed E-state index contributed by atoms with van der Waals surface area (Å²) in [4.78, 5) is 31.4. The second-order valence-corrected chi connectivity index (χ2v) is 7.94. The number of amides is 2. The molecule has 2 aromatic heterocycles. The van der Waals surface area contributed by atoms with Gasteiger partial charge in [-0.3, -0.25) is 9.59 Å². The zero-order chi connectivity index (χ0) is 21.1. The Balaban J connectivity index is 1.57. The van der Waals surface area contributed by atoms with Gasteiger partial charge in [-0.15, -0.1) is 0 Å². The molecule has 1 aromatic carbocycles. The van der Waals surface area contributed by atoms with Gasteiger partial charge in [0.15, 0.2) is 5.65 Å². The molecule has 7 heteroatoms. The first kappa shape index (κ1) is 20.1. The van der Waals surface area contributed by atoms with Gasteiger partial charge in [0.1, 0.15) is 0 Å². The minimum Gasteiger partial charge on any atom is -0.352 e. The summed E-state index contributed by atoms with van der Waals surface area (Å²) >= 11 is 0. The fourth-order valence-electron chi connectivity index (χ4n) is 3.85. The minimum atomic E-state index is -0.143. The van der Waals surface area contributed by atoms with Crippen molar-refractivity contribution < 1.29 is 9.59 Å². The first-order chi connectivity index (χ1) is 14.5. The van der Waals surface area contributed by atoms with Crippen molar-refractivity contribution in [1.29, 1.82) is 0 Å². The molecule has 1 aliphatic rings. The molecule has 30 heavy (non-hydrogen) atoms. The Hall–Kier alpha value is -3.22. The Morgan fingerprint density at radius 3 is 2.73 bits per heavy atom. The molecule has 0 radical (unpaired) electrons. The zero-order valence-corrected chi connectivity index (χ0v) is 17.5. The highest BCUT2D eigenvalue weighted by Gasteiger charge is 2.20. The summed E-state index contributed by atoms with van der Waals surface area (Å²) in [6, 6.07) is 11.8. The van der Waals surface area contributed by atoms with Gasteiger partial charge in [0, 0.05) is 37.7 Å². The molecule has 2 amide bonds. The number of likely N-dealkylation sites (tertiary alicyclic amines) is 1. The molecule has 1 aliphatic heterocycles. The molecule has 1 saturated heterocycles. The fourth-order valence-corrected chi connectivity index (χ4v) is 3.85. The lowest BCUT2D eigenvalue weighted by Crippen LogP contribution is -2.30. The number of benzene rings is 1. The second-order valence-electron chi connectivity index (χ2n) is 7.94. The van der Waals surface area contributed by atoms with E-state index >= 15 is 0 Å². The number of aromatic nitrogens is 3. The van der Waals surface area contributed by atoms with Crippen LogP contribution in [0.15, 0.2) is 42.6 Å². The number of carbonyl (C=O) groups is 2. The topological polar surface area (TPSA) is 80.1 Å². The highest BCUT2D eigenvalue weighted by atomic mass is 16.2. The monoisotopic (exact) mass is 405 g/mol. The number of hydrogen-bond acceptors (Lipinski definition) is 4. The van der Waals surface area contributed by atoms with E-state index in [1.807, 2.05) is 59.8 Å². The molecule has 3 aromatic rings. The lowest BCUT2D eigenvalue weighted by molar-refractivity contribution is -0.127. The predicted octanol–water partition coefficient (Wildman–Crippen LogP) is 3.42. The van der Waals surface area contributed by atoms with Gasteiger partial charge in [0.2, 0.25) is 5.91 Å². The molecule has 0 spiro atoms. The largest absolute Gasteiger partial charge is 0.352 e. The maximum absolute atomic E-state index is 13.0. The van der Waals surface area contributed by atoms with Crippen molar-refractivity contribution in [1.82, 2.24) is 25.0 Å². The lowest BCUT2D eigenvalue weighted by atomic mass is 10.1. The number of hydrogen-bond donors (Lipinski definition) is 1. The molecule has 0 atom stereocenters. The van der Waals surface area contributed by atoms with Crippen LogP contribution < -0.4 is 5.32 Å². The Kier molecular flexibility index (Phi) is 5.79. The van der Waals surface area contributed by atoms with Crippen molar-refractivity contribution >= 4 is 22.8 Å². The number of nitrogens with one attached hydrogen (secondary N) is 1. The first-order valence-electron chi connectivity index (χ1n) is 10.5. The lowest BCUT2D eigenvalue weighted by Gasteiger charge is -2.15. The summed E-state index contributed by atoms with van der Waals surface area (Å²) < 4.78 is 1.84. The summed E-state index contributed by atoms with van der Waals surface area (Å²) in [5.74, 6) is 0.0707. The summed E-state index contributed by atoms with van der Waals surface area (Å²) in [6.07, 6.45) is 4.03. The normalized spacial score (nSPS) is 14.1. The van der Waals surface area contributed by atoms with E-state index < -0.39 is 0 Å². The van der Waals surface area contributed by atoms with Crippen molar-refractivity contribution in [3.63, 3.8) is 0 Å². The molecular formula is C23H27N5O2. The highest BCUT2D eigenvalue weighted by molar-refractivity contribution is 6.06. The number of fused-ring (bicyclic) bond motifs is 1. The van der Waals surface area contributed by atoms with Gasteiger partial charge in [-0.05, 0) is 32.8 Å². The van der Waals surface area contributed by atoms with E-state index in [2.05, 4.69) is 10.4 Å². The quantitative estimate of drug-likeness (QED) is 0.611. The Labute approximate surface area is 176 Å². The molecular weight excluding hydrogens is 378 g/mol. The number of pyridine rings is 1. The van der Waals surface area contributed by atoms with E-state index in [1.165, 1.54) is 0 Å². The highest BCUT2D eigenvalue weighted by Crippen LogP contribution is 2.26. The minimum absolute atomic E-state index is 0.134. The Bertz CT molecular complexity index is 1060. The third-order valence-electron chi connectivity index (χ3n) is 5.43. The summed E-state index contributed by atoms with van der Waals surface area (Å²) in [6.45, 7) is 6.12. The standard InChI is InChI=1S/C23H27N5O2/c1-16(2)28-22-19(15-25-28)18(14-20(26-22)17-8-4-3-5-9-17)23(30)24-11-7-13-27-12-6-10-21(27)29/h3-5,8-9,14-16H,6-7,10-13H2,1-2H3,(H,24,30). The van der Waals surface area contributed by atoms with Gasteiger partial charge in [0.25, 0.3) is 5.91 Å². The van der Waals surface area contributed by atoms with Gasteiger partial charge in [-0.25, -0.2) is 9.67 Å². The van der Waals surface area contributed by atoms with Gasteiger partial charge in [-0.1, -0.05) is 30.3 Å². The summed E-state index contributed by atoms with van der Waals surface area (Å²) in [7, 11) is 0. The van der Waals surface area contributed by atoms with Crippen LogP contribution in [0.3, 0.4) is 0 Å². The van der Waals surface area contributed by atoms with Crippen LogP contribution in [-0.2, 0) is 4.79 Å². The van der Waals surface area contributed by atoms with Crippen LogP contribution in [-0.4, -0.2) is 51.1 Å². The predicted molar refractivity (Wildman–Crippen MR) is 116 cm³/mol. The molecule has 156 valence electrons.